The summed E-state index contributed by atoms with van der Waals surface area (Å²) in [6.07, 6.45) is 4.74. The molecule has 3 heterocycles. The van der Waals surface area contributed by atoms with Gasteiger partial charge in [-0.2, -0.15) is 5.10 Å². The van der Waals surface area contributed by atoms with Gasteiger partial charge in [-0.1, -0.05) is 13.3 Å². The molecule has 1 atom stereocenters. The number of aromatic amines is 1. The van der Waals surface area contributed by atoms with Gasteiger partial charge in [0.05, 0.1) is 5.69 Å². The third-order valence-corrected chi connectivity index (χ3v) is 4.84. The summed E-state index contributed by atoms with van der Waals surface area (Å²) >= 11 is 5.55. The van der Waals surface area contributed by atoms with Crippen LogP contribution in [0.2, 0.25) is 0 Å². The lowest BCUT2D eigenvalue weighted by Crippen LogP contribution is -2.33. The summed E-state index contributed by atoms with van der Waals surface area (Å²) in [6.45, 7) is 7.85. The van der Waals surface area contributed by atoms with Gasteiger partial charge in [-0.3, -0.25) is 9.58 Å². The molecule has 2 aromatic heterocycles. The van der Waals surface area contributed by atoms with Gasteiger partial charge < -0.3 is 9.55 Å². The van der Waals surface area contributed by atoms with Gasteiger partial charge in [-0.15, -0.1) is 0 Å². The smallest absolute Gasteiger partial charge is 0.179 e. The molecule has 3 rings (SSSR count). The highest BCUT2D eigenvalue weighted by Gasteiger charge is 2.21. The number of aromatic nitrogens is 4. The van der Waals surface area contributed by atoms with Crippen LogP contribution in [-0.4, -0.2) is 43.4 Å². The van der Waals surface area contributed by atoms with E-state index in [0.717, 1.165) is 41.0 Å². The van der Waals surface area contributed by atoms with E-state index in [2.05, 4.69) is 33.4 Å². The molecule has 6 heteroatoms. The van der Waals surface area contributed by atoms with Crippen molar-refractivity contribution in [1.29, 1.82) is 0 Å². The van der Waals surface area contributed by atoms with Gasteiger partial charge in [0.25, 0.3) is 0 Å². The number of nitrogens with one attached hydrogen (secondary N) is 1. The Labute approximate surface area is 130 Å². The minimum absolute atomic E-state index is 0.516. The lowest BCUT2D eigenvalue weighted by Gasteiger charge is -2.24. The Balaban J connectivity index is 1.94. The van der Waals surface area contributed by atoms with Gasteiger partial charge in [0.15, 0.2) is 10.4 Å². The van der Waals surface area contributed by atoms with E-state index in [1.54, 1.807) is 0 Å². The summed E-state index contributed by atoms with van der Waals surface area (Å²) in [5.74, 6) is 0. The van der Waals surface area contributed by atoms with Crippen molar-refractivity contribution in [3.63, 3.8) is 0 Å². The topological polar surface area (TPSA) is 41.8 Å². The van der Waals surface area contributed by atoms with Gasteiger partial charge in [0.2, 0.25) is 0 Å². The molecule has 0 saturated carbocycles. The summed E-state index contributed by atoms with van der Waals surface area (Å²) in [5, 5.41) is 4.65. The van der Waals surface area contributed by atoms with E-state index in [1.165, 1.54) is 25.9 Å². The Morgan fingerprint density at radius 3 is 2.71 bits per heavy atom. The molecule has 0 radical (unpaired) electrons. The highest BCUT2D eigenvalue weighted by atomic mass is 32.1. The molecule has 2 aromatic rings. The van der Waals surface area contributed by atoms with Crippen molar-refractivity contribution in [1.82, 2.24) is 24.2 Å². The van der Waals surface area contributed by atoms with Gasteiger partial charge in [-0.25, -0.2) is 0 Å². The second kappa shape index (κ2) is 5.93. The number of H-pyrrole nitrogens is 1. The molecule has 0 amide bonds. The number of hydrogen-bond acceptors (Lipinski definition) is 3. The summed E-state index contributed by atoms with van der Waals surface area (Å²) in [7, 11) is 2.02. The quantitative estimate of drug-likeness (QED) is 0.864. The first-order valence-corrected chi connectivity index (χ1v) is 8.41. The number of aryl methyl sites for hydroxylation is 2. The molecule has 0 spiro atoms. The van der Waals surface area contributed by atoms with Crippen LogP contribution in [0.4, 0.5) is 0 Å². The molecule has 0 bridgehead atoms. The molecule has 116 valence electrons. The number of fused-ring (bicyclic) bond motifs is 1. The van der Waals surface area contributed by atoms with E-state index in [9.17, 15) is 0 Å². The Morgan fingerprint density at radius 2 is 2.05 bits per heavy atom. The van der Waals surface area contributed by atoms with Crippen molar-refractivity contribution in [2.75, 3.05) is 13.1 Å². The van der Waals surface area contributed by atoms with Crippen molar-refractivity contribution in [2.45, 2.75) is 52.1 Å². The lowest BCUT2D eigenvalue weighted by molar-refractivity contribution is 0.236. The molecule has 5 nitrogen and oxygen atoms in total. The summed E-state index contributed by atoms with van der Waals surface area (Å²) in [4.78, 5) is 5.93. The molecule has 1 unspecified atom stereocenters. The Morgan fingerprint density at radius 1 is 1.33 bits per heavy atom. The van der Waals surface area contributed by atoms with Crippen LogP contribution in [-0.2, 0) is 20.0 Å². The van der Waals surface area contributed by atoms with Crippen molar-refractivity contribution in [3.8, 4) is 0 Å². The van der Waals surface area contributed by atoms with Gasteiger partial charge in [-0.05, 0) is 51.5 Å². The van der Waals surface area contributed by atoms with E-state index in [1.807, 2.05) is 11.7 Å². The van der Waals surface area contributed by atoms with Crippen molar-refractivity contribution >= 4 is 23.4 Å². The zero-order valence-electron chi connectivity index (χ0n) is 13.2. The predicted molar refractivity (Wildman–Crippen MR) is 88.2 cm³/mol. The lowest BCUT2D eigenvalue weighted by atomic mass is 10.2. The third-order valence-electron chi connectivity index (χ3n) is 4.52. The molecule has 1 aliphatic heterocycles. The molecule has 0 aliphatic carbocycles. The zero-order chi connectivity index (χ0) is 15.0. The van der Waals surface area contributed by atoms with E-state index in [4.69, 9.17) is 12.2 Å². The SMILES string of the molecule is CCCc1nn(C)c2c1[nH]c(=S)n2CC(C)N1CCCC1. The Bertz CT molecular complexity index is 674. The summed E-state index contributed by atoms with van der Waals surface area (Å²) in [6, 6.07) is 0.516. The standard InChI is InChI=1S/C15H25N5S/c1-4-7-12-13-14(18(3)17-12)20(15(21)16-13)10-11(2)19-8-5-6-9-19/h11H,4-10H2,1-3H3,(H,16,21). The van der Waals surface area contributed by atoms with Crippen molar-refractivity contribution in [3.05, 3.63) is 10.5 Å². The van der Waals surface area contributed by atoms with Crippen molar-refractivity contribution < 1.29 is 0 Å². The number of imidazole rings is 1. The third kappa shape index (κ3) is 2.66. The number of nitrogens with zero attached hydrogens (tertiary/aromatic N) is 4. The van der Waals surface area contributed by atoms with Gasteiger partial charge in [0.1, 0.15) is 5.52 Å². The van der Waals surface area contributed by atoms with Crippen molar-refractivity contribution in [2.24, 2.45) is 7.05 Å². The molecule has 0 aromatic carbocycles. The van der Waals surface area contributed by atoms with Crippen LogP contribution in [0.1, 0.15) is 38.8 Å². The molecule has 1 saturated heterocycles. The first kappa shape index (κ1) is 14.8. The molecular weight excluding hydrogens is 282 g/mol. The number of hydrogen-bond donors (Lipinski definition) is 1. The fraction of sp³-hybridized carbons (Fsp3) is 0.733. The molecule has 1 aliphatic rings. The molecule has 1 N–H and O–H groups in total. The number of rotatable bonds is 5. The monoisotopic (exact) mass is 307 g/mol. The zero-order valence-corrected chi connectivity index (χ0v) is 14.0. The highest BCUT2D eigenvalue weighted by Crippen LogP contribution is 2.21. The van der Waals surface area contributed by atoms with Crippen LogP contribution < -0.4 is 0 Å². The van der Waals surface area contributed by atoms with Crippen LogP contribution in [0.15, 0.2) is 0 Å². The highest BCUT2D eigenvalue weighted by molar-refractivity contribution is 7.71. The fourth-order valence-electron chi connectivity index (χ4n) is 3.42. The van der Waals surface area contributed by atoms with Crippen LogP contribution in [0, 0.1) is 4.77 Å². The second-order valence-electron chi connectivity index (χ2n) is 6.15. The van der Waals surface area contributed by atoms with Crippen LogP contribution in [0.5, 0.6) is 0 Å². The van der Waals surface area contributed by atoms with Crippen LogP contribution in [0.25, 0.3) is 11.2 Å². The first-order valence-electron chi connectivity index (χ1n) is 8.00. The largest absolute Gasteiger partial charge is 0.328 e. The van der Waals surface area contributed by atoms with E-state index < -0.39 is 0 Å². The minimum atomic E-state index is 0.516. The fourth-order valence-corrected chi connectivity index (χ4v) is 3.68. The maximum atomic E-state index is 5.55. The van der Waals surface area contributed by atoms with E-state index >= 15 is 0 Å². The maximum Gasteiger partial charge on any atom is 0.179 e. The normalized spacial score (nSPS) is 17.9. The first-order chi connectivity index (χ1) is 10.1. The van der Waals surface area contributed by atoms with E-state index in [0.29, 0.717) is 6.04 Å². The Hall–Kier alpha value is -1.14. The Kier molecular flexibility index (Phi) is 4.17. The molecular formula is C15H25N5S. The van der Waals surface area contributed by atoms with Gasteiger partial charge >= 0.3 is 0 Å². The average Bonchev–Trinajstić information content (AvgIpc) is 3.12. The average molecular weight is 307 g/mol. The van der Waals surface area contributed by atoms with Crippen LogP contribution in [0.3, 0.4) is 0 Å². The van der Waals surface area contributed by atoms with E-state index in [-0.39, 0.29) is 0 Å². The maximum absolute atomic E-state index is 5.55. The predicted octanol–water partition coefficient (Wildman–Crippen LogP) is 2.87. The summed E-state index contributed by atoms with van der Waals surface area (Å²) < 4.78 is 5.02. The molecule has 1 fully saturated rings. The minimum Gasteiger partial charge on any atom is -0.328 e. The second-order valence-corrected chi connectivity index (χ2v) is 6.54. The van der Waals surface area contributed by atoms with Gasteiger partial charge in [0, 0.05) is 19.6 Å². The number of likely N-dealkylation sites (tertiary alicyclic amines) is 1. The van der Waals surface area contributed by atoms with Crippen LogP contribution >= 0.6 is 12.2 Å². The molecule has 21 heavy (non-hydrogen) atoms. The summed E-state index contributed by atoms with van der Waals surface area (Å²) in [5.41, 5.74) is 3.39.